The van der Waals surface area contributed by atoms with E-state index in [4.69, 9.17) is 14.2 Å². The molecule has 17 heavy (non-hydrogen) atoms. The highest BCUT2D eigenvalue weighted by Crippen LogP contribution is 2.28. The van der Waals surface area contributed by atoms with Crippen LogP contribution in [0.4, 0.5) is 5.69 Å². The molecule has 2 rings (SSSR count). The van der Waals surface area contributed by atoms with Gasteiger partial charge in [-0.25, -0.2) is 4.68 Å². The van der Waals surface area contributed by atoms with Gasteiger partial charge in [0.2, 0.25) is 0 Å². The minimum absolute atomic E-state index is 0.00667. The number of rotatable bonds is 5. The maximum Gasteiger partial charge on any atom is 0.350 e. The molecule has 0 bridgehead atoms. The third-order valence-corrected chi connectivity index (χ3v) is 2.48. The number of nitrogens with zero attached hydrogens (tertiary/aromatic N) is 3. The fraction of sp³-hybridized carbons (Fsp3) is 0.667. The molecule has 0 amide bonds. The number of hydrogen-bond donors (Lipinski definition) is 0. The van der Waals surface area contributed by atoms with Gasteiger partial charge < -0.3 is 14.2 Å². The van der Waals surface area contributed by atoms with Crippen LogP contribution in [0.5, 0.6) is 5.88 Å². The molecule has 1 aromatic heterocycles. The fourth-order valence-electron chi connectivity index (χ4n) is 1.44. The minimum Gasteiger partial charge on any atom is -0.463 e. The Bertz CT molecular complexity index is 419. The minimum atomic E-state index is -0.529. The summed E-state index contributed by atoms with van der Waals surface area (Å²) in [5.74, 6) is 0.00667. The molecule has 1 fully saturated rings. The molecule has 2 atom stereocenters. The van der Waals surface area contributed by atoms with Gasteiger partial charge in [0.05, 0.1) is 17.6 Å². The van der Waals surface area contributed by atoms with Gasteiger partial charge in [0, 0.05) is 7.11 Å². The van der Waals surface area contributed by atoms with E-state index in [2.05, 4.69) is 5.10 Å². The van der Waals surface area contributed by atoms with Crippen molar-refractivity contribution in [3.8, 4) is 5.88 Å². The van der Waals surface area contributed by atoms with Gasteiger partial charge in [-0.15, -0.1) is 5.10 Å². The highest BCUT2D eigenvalue weighted by molar-refractivity contribution is 5.38. The molecule has 0 aromatic carbocycles. The normalized spacial score (nSPS) is 23.2. The van der Waals surface area contributed by atoms with Crippen molar-refractivity contribution in [2.75, 3.05) is 13.7 Å². The Morgan fingerprint density at radius 1 is 1.76 bits per heavy atom. The van der Waals surface area contributed by atoms with Gasteiger partial charge >= 0.3 is 11.6 Å². The Labute approximate surface area is 97.2 Å². The Balaban J connectivity index is 2.15. The van der Waals surface area contributed by atoms with Gasteiger partial charge in [0.15, 0.2) is 0 Å². The highest BCUT2D eigenvalue weighted by Gasteiger charge is 2.33. The lowest BCUT2D eigenvalue weighted by Gasteiger charge is -2.32. The van der Waals surface area contributed by atoms with Crippen molar-refractivity contribution in [3.05, 3.63) is 16.3 Å². The monoisotopic (exact) mass is 243 g/mol. The molecule has 1 aliphatic heterocycles. The number of methoxy groups -OCH3 is 1. The average Bonchev–Trinajstić information content (AvgIpc) is 2.68. The standard InChI is InChI=1S/C9H13N3O5/c1-6-8(4-16-6)17-9-7(12(13)14)3-11(10-9)5-15-2/h3,6,8H,4-5H2,1-2H3. The Hall–Kier alpha value is -1.67. The van der Waals surface area contributed by atoms with Gasteiger partial charge in [-0.05, 0) is 6.92 Å². The third-order valence-electron chi connectivity index (χ3n) is 2.48. The topological polar surface area (TPSA) is 88.7 Å². The number of nitro groups is 1. The van der Waals surface area contributed by atoms with Gasteiger partial charge in [-0.1, -0.05) is 0 Å². The van der Waals surface area contributed by atoms with Gasteiger partial charge in [0.25, 0.3) is 0 Å². The fourth-order valence-corrected chi connectivity index (χ4v) is 1.44. The molecule has 0 saturated carbocycles. The predicted octanol–water partition coefficient (Wildman–Crippen LogP) is 0.561. The first kappa shape index (κ1) is 11.8. The molecule has 0 aliphatic carbocycles. The zero-order valence-corrected chi connectivity index (χ0v) is 9.53. The smallest absolute Gasteiger partial charge is 0.350 e. The third kappa shape index (κ3) is 2.37. The zero-order valence-electron chi connectivity index (χ0n) is 9.53. The number of ether oxygens (including phenoxy) is 3. The van der Waals surface area contributed by atoms with Crippen molar-refractivity contribution >= 4 is 5.69 Å². The summed E-state index contributed by atoms with van der Waals surface area (Å²) in [6.45, 7) is 2.41. The first-order valence-corrected chi connectivity index (χ1v) is 5.11. The van der Waals surface area contributed by atoms with E-state index < -0.39 is 4.92 Å². The lowest BCUT2D eigenvalue weighted by Crippen LogP contribution is -2.46. The molecule has 1 aliphatic rings. The Morgan fingerprint density at radius 2 is 2.53 bits per heavy atom. The number of hydrogen-bond acceptors (Lipinski definition) is 6. The van der Waals surface area contributed by atoms with E-state index >= 15 is 0 Å². The first-order chi connectivity index (χ1) is 8.11. The summed E-state index contributed by atoms with van der Waals surface area (Å²) in [5.41, 5.74) is -0.166. The van der Waals surface area contributed by atoms with Gasteiger partial charge in [-0.3, -0.25) is 10.1 Å². The maximum absolute atomic E-state index is 10.8. The average molecular weight is 243 g/mol. The quantitative estimate of drug-likeness (QED) is 0.554. The van der Waals surface area contributed by atoms with E-state index in [0.29, 0.717) is 6.61 Å². The molecular weight excluding hydrogens is 230 g/mol. The van der Waals surface area contributed by atoms with E-state index in [0.717, 1.165) is 0 Å². The van der Waals surface area contributed by atoms with Crippen LogP contribution >= 0.6 is 0 Å². The van der Waals surface area contributed by atoms with Crippen LogP contribution in [-0.4, -0.2) is 40.6 Å². The van der Waals surface area contributed by atoms with Crippen molar-refractivity contribution in [3.63, 3.8) is 0 Å². The summed E-state index contributed by atoms with van der Waals surface area (Å²) in [7, 11) is 1.48. The molecule has 0 spiro atoms. The first-order valence-electron chi connectivity index (χ1n) is 5.11. The molecule has 1 saturated heterocycles. The molecule has 94 valence electrons. The molecule has 2 unspecified atom stereocenters. The van der Waals surface area contributed by atoms with Crippen LogP contribution in [0.3, 0.4) is 0 Å². The predicted molar refractivity (Wildman–Crippen MR) is 55.7 cm³/mol. The number of aromatic nitrogens is 2. The van der Waals surface area contributed by atoms with Crippen LogP contribution in [0, 0.1) is 10.1 Å². The summed E-state index contributed by atoms with van der Waals surface area (Å²) in [6, 6.07) is 0. The lowest BCUT2D eigenvalue weighted by molar-refractivity contribution is -0.386. The highest BCUT2D eigenvalue weighted by atomic mass is 16.6. The second-order valence-electron chi connectivity index (χ2n) is 3.73. The molecule has 8 nitrogen and oxygen atoms in total. The zero-order chi connectivity index (χ0) is 12.4. The van der Waals surface area contributed by atoms with Crippen molar-refractivity contribution < 1.29 is 19.1 Å². The van der Waals surface area contributed by atoms with Crippen molar-refractivity contribution in [1.82, 2.24) is 9.78 Å². The van der Waals surface area contributed by atoms with Crippen LogP contribution < -0.4 is 4.74 Å². The SMILES string of the molecule is COCn1cc([N+](=O)[O-])c(OC2COC2C)n1. The van der Waals surface area contributed by atoms with Crippen LogP contribution in [0.2, 0.25) is 0 Å². The second-order valence-corrected chi connectivity index (χ2v) is 3.73. The maximum atomic E-state index is 10.8. The molecule has 0 N–H and O–H groups in total. The molecule has 2 heterocycles. The van der Waals surface area contributed by atoms with E-state index in [1.54, 1.807) is 0 Å². The summed E-state index contributed by atoms with van der Waals surface area (Å²) in [5, 5.41) is 14.8. The summed E-state index contributed by atoms with van der Waals surface area (Å²) in [6.07, 6.45) is 1.03. The van der Waals surface area contributed by atoms with E-state index in [1.807, 2.05) is 6.92 Å². The van der Waals surface area contributed by atoms with Gasteiger partial charge in [-0.2, -0.15) is 0 Å². The van der Waals surface area contributed by atoms with Crippen LogP contribution in [-0.2, 0) is 16.2 Å². The summed E-state index contributed by atoms with van der Waals surface area (Å²) < 4.78 is 16.7. The van der Waals surface area contributed by atoms with Crippen LogP contribution in [0.1, 0.15) is 6.92 Å². The molecular formula is C9H13N3O5. The Morgan fingerprint density at radius 3 is 3.00 bits per heavy atom. The lowest BCUT2D eigenvalue weighted by atomic mass is 10.2. The second kappa shape index (κ2) is 4.68. The van der Waals surface area contributed by atoms with Crippen LogP contribution in [0.25, 0.3) is 0 Å². The van der Waals surface area contributed by atoms with E-state index in [-0.39, 0.29) is 30.5 Å². The largest absolute Gasteiger partial charge is 0.463 e. The molecule has 8 heteroatoms. The van der Waals surface area contributed by atoms with Gasteiger partial charge in [0.1, 0.15) is 19.0 Å². The van der Waals surface area contributed by atoms with Crippen molar-refractivity contribution in [1.29, 1.82) is 0 Å². The van der Waals surface area contributed by atoms with E-state index in [1.165, 1.54) is 18.0 Å². The molecule has 0 radical (unpaired) electrons. The Kier molecular flexibility index (Phi) is 3.25. The molecule has 1 aromatic rings. The summed E-state index contributed by atoms with van der Waals surface area (Å²) in [4.78, 5) is 10.3. The summed E-state index contributed by atoms with van der Waals surface area (Å²) >= 11 is 0. The van der Waals surface area contributed by atoms with Crippen molar-refractivity contribution in [2.45, 2.75) is 25.9 Å². The van der Waals surface area contributed by atoms with Crippen molar-refractivity contribution in [2.24, 2.45) is 0 Å². The van der Waals surface area contributed by atoms with E-state index in [9.17, 15) is 10.1 Å². The van der Waals surface area contributed by atoms with Crippen LogP contribution in [0.15, 0.2) is 6.20 Å².